The van der Waals surface area contributed by atoms with Crippen LogP contribution in [0.4, 0.5) is 0 Å². The lowest BCUT2D eigenvalue weighted by molar-refractivity contribution is -0.142. The topological polar surface area (TPSA) is 38.8 Å². The van der Waals surface area contributed by atoms with E-state index in [0.717, 1.165) is 0 Å². The van der Waals surface area contributed by atoms with Gasteiger partial charge in [-0.05, 0) is 30.7 Å². The van der Waals surface area contributed by atoms with Crippen molar-refractivity contribution in [3.8, 4) is 5.75 Å². The first-order chi connectivity index (χ1) is 9.20. The van der Waals surface area contributed by atoms with Crippen LogP contribution >= 0.6 is 11.6 Å². The van der Waals surface area contributed by atoms with Gasteiger partial charge in [-0.1, -0.05) is 18.5 Å². The number of benzene rings is 1. The Bertz CT molecular complexity index is 415. The summed E-state index contributed by atoms with van der Waals surface area (Å²) in [5.74, 6) is 0.693. The first-order valence-corrected chi connectivity index (χ1v) is 6.87. The van der Waals surface area contributed by atoms with Crippen molar-refractivity contribution in [1.82, 2.24) is 4.90 Å². The molecule has 0 saturated carbocycles. The van der Waals surface area contributed by atoms with Crippen molar-refractivity contribution in [1.29, 1.82) is 0 Å². The normalized spacial score (nSPS) is 17.1. The molecule has 1 aromatic carbocycles. The summed E-state index contributed by atoms with van der Waals surface area (Å²) in [6.45, 7) is 4.42. The van der Waals surface area contributed by atoms with Crippen molar-refractivity contribution in [2.75, 3.05) is 26.3 Å². The molecule has 0 aromatic heterocycles. The Morgan fingerprint density at radius 1 is 1.37 bits per heavy atom. The minimum atomic E-state index is -0.445. The van der Waals surface area contributed by atoms with Gasteiger partial charge in [-0.2, -0.15) is 0 Å². The Balaban J connectivity index is 1.98. The van der Waals surface area contributed by atoms with Gasteiger partial charge in [0.15, 0.2) is 6.10 Å². The maximum atomic E-state index is 12.3. The fourth-order valence-electron chi connectivity index (χ4n) is 1.97. The van der Waals surface area contributed by atoms with Crippen LogP contribution in [0.2, 0.25) is 5.02 Å². The van der Waals surface area contributed by atoms with Gasteiger partial charge in [0.2, 0.25) is 0 Å². The lowest BCUT2D eigenvalue weighted by Gasteiger charge is -2.30. The number of nitrogens with zero attached hydrogens (tertiary/aromatic N) is 1. The van der Waals surface area contributed by atoms with Crippen molar-refractivity contribution in [3.05, 3.63) is 29.3 Å². The highest BCUT2D eigenvalue weighted by Crippen LogP contribution is 2.18. The zero-order valence-corrected chi connectivity index (χ0v) is 11.7. The van der Waals surface area contributed by atoms with E-state index in [2.05, 4.69) is 0 Å². The number of ether oxygens (including phenoxy) is 2. The van der Waals surface area contributed by atoms with Crippen LogP contribution in [-0.2, 0) is 9.53 Å². The third-order valence-electron chi connectivity index (χ3n) is 3.06. The molecule has 104 valence electrons. The molecule has 0 bridgehead atoms. The van der Waals surface area contributed by atoms with Crippen molar-refractivity contribution in [3.63, 3.8) is 0 Å². The number of rotatable bonds is 4. The molecule has 0 radical (unpaired) electrons. The van der Waals surface area contributed by atoms with Crippen LogP contribution < -0.4 is 4.74 Å². The van der Waals surface area contributed by atoms with Crippen molar-refractivity contribution < 1.29 is 14.3 Å². The van der Waals surface area contributed by atoms with E-state index >= 15 is 0 Å². The van der Waals surface area contributed by atoms with Gasteiger partial charge in [-0.15, -0.1) is 0 Å². The van der Waals surface area contributed by atoms with Gasteiger partial charge in [0.25, 0.3) is 5.91 Å². The Kier molecular flexibility index (Phi) is 5.05. The summed E-state index contributed by atoms with van der Waals surface area (Å²) < 4.78 is 11.0. The third-order valence-corrected chi connectivity index (χ3v) is 3.31. The number of hydrogen-bond acceptors (Lipinski definition) is 3. The third kappa shape index (κ3) is 3.85. The monoisotopic (exact) mass is 283 g/mol. The summed E-state index contributed by atoms with van der Waals surface area (Å²) >= 11 is 5.82. The molecule has 1 amide bonds. The van der Waals surface area contributed by atoms with Gasteiger partial charge in [0, 0.05) is 18.1 Å². The van der Waals surface area contributed by atoms with Crippen LogP contribution in [0.3, 0.4) is 0 Å². The Morgan fingerprint density at radius 2 is 2.00 bits per heavy atom. The summed E-state index contributed by atoms with van der Waals surface area (Å²) in [7, 11) is 0. The van der Waals surface area contributed by atoms with Gasteiger partial charge in [0.05, 0.1) is 13.2 Å². The highest BCUT2D eigenvalue weighted by molar-refractivity contribution is 6.30. The van der Waals surface area contributed by atoms with Crippen molar-refractivity contribution in [2.24, 2.45) is 0 Å². The molecule has 19 heavy (non-hydrogen) atoms. The molecule has 0 unspecified atom stereocenters. The molecule has 1 aromatic rings. The lowest BCUT2D eigenvalue weighted by atomic mass is 10.2. The summed E-state index contributed by atoms with van der Waals surface area (Å²) in [6.07, 6.45) is 0.193. The summed E-state index contributed by atoms with van der Waals surface area (Å²) in [5, 5.41) is 0.653. The molecule has 2 rings (SSSR count). The SMILES string of the molecule is CC[C@H](Oc1ccc(Cl)cc1)C(=O)N1CCOCC1. The number of carbonyl (C=O) groups is 1. The second kappa shape index (κ2) is 6.78. The molecule has 1 saturated heterocycles. The second-order valence-corrected chi connectivity index (χ2v) is 4.84. The number of morpholine rings is 1. The molecule has 1 aliphatic rings. The molecular weight excluding hydrogens is 266 g/mol. The first-order valence-electron chi connectivity index (χ1n) is 6.49. The smallest absolute Gasteiger partial charge is 0.263 e. The fourth-order valence-corrected chi connectivity index (χ4v) is 2.10. The van der Waals surface area contributed by atoms with E-state index in [1.165, 1.54) is 0 Å². The standard InChI is InChI=1S/C14H18ClNO3/c1-2-13(14(17)16-7-9-18-10-8-16)19-12-5-3-11(15)4-6-12/h3-6,13H,2,7-10H2,1H3/t13-/m0/s1. The molecule has 0 spiro atoms. The Hall–Kier alpha value is -1.26. The quantitative estimate of drug-likeness (QED) is 0.851. The van der Waals surface area contributed by atoms with E-state index in [-0.39, 0.29) is 5.91 Å². The molecule has 1 atom stereocenters. The average Bonchev–Trinajstić information content (AvgIpc) is 2.47. The van der Waals surface area contributed by atoms with Gasteiger partial charge < -0.3 is 14.4 Å². The predicted octanol–water partition coefficient (Wildman–Crippen LogP) is 2.36. The van der Waals surface area contributed by atoms with E-state index in [0.29, 0.717) is 43.5 Å². The van der Waals surface area contributed by atoms with Crippen LogP contribution in [0.15, 0.2) is 24.3 Å². The number of carbonyl (C=O) groups excluding carboxylic acids is 1. The van der Waals surface area contributed by atoms with Crippen LogP contribution in [0.5, 0.6) is 5.75 Å². The maximum absolute atomic E-state index is 12.3. The van der Waals surface area contributed by atoms with E-state index in [4.69, 9.17) is 21.1 Å². The molecule has 1 heterocycles. The zero-order chi connectivity index (χ0) is 13.7. The molecule has 1 fully saturated rings. The number of hydrogen-bond donors (Lipinski definition) is 0. The van der Waals surface area contributed by atoms with Gasteiger partial charge in [-0.3, -0.25) is 4.79 Å². The number of halogens is 1. The summed E-state index contributed by atoms with van der Waals surface area (Å²) in [6, 6.07) is 7.06. The molecule has 5 heteroatoms. The van der Waals surface area contributed by atoms with Crippen molar-refractivity contribution >= 4 is 17.5 Å². The molecule has 0 aliphatic carbocycles. The van der Waals surface area contributed by atoms with Crippen LogP contribution in [0.25, 0.3) is 0 Å². The molecule has 4 nitrogen and oxygen atoms in total. The minimum Gasteiger partial charge on any atom is -0.481 e. The molecular formula is C14H18ClNO3. The lowest BCUT2D eigenvalue weighted by Crippen LogP contribution is -2.47. The van der Waals surface area contributed by atoms with E-state index in [1.807, 2.05) is 6.92 Å². The van der Waals surface area contributed by atoms with Crippen LogP contribution in [0.1, 0.15) is 13.3 Å². The summed E-state index contributed by atoms with van der Waals surface area (Å²) in [4.78, 5) is 14.1. The molecule has 0 N–H and O–H groups in total. The highest BCUT2D eigenvalue weighted by Gasteiger charge is 2.25. The largest absolute Gasteiger partial charge is 0.481 e. The second-order valence-electron chi connectivity index (χ2n) is 4.41. The highest BCUT2D eigenvalue weighted by atomic mass is 35.5. The minimum absolute atomic E-state index is 0.0285. The van der Waals surface area contributed by atoms with E-state index in [1.54, 1.807) is 29.2 Å². The predicted molar refractivity (Wildman–Crippen MR) is 73.6 cm³/mol. The summed E-state index contributed by atoms with van der Waals surface area (Å²) in [5.41, 5.74) is 0. The molecule has 1 aliphatic heterocycles. The van der Waals surface area contributed by atoms with Gasteiger partial charge in [-0.25, -0.2) is 0 Å². The Morgan fingerprint density at radius 3 is 2.58 bits per heavy atom. The van der Waals surface area contributed by atoms with E-state index in [9.17, 15) is 4.79 Å². The first kappa shape index (κ1) is 14.2. The Labute approximate surface area is 118 Å². The van der Waals surface area contributed by atoms with Crippen molar-refractivity contribution in [2.45, 2.75) is 19.4 Å². The van der Waals surface area contributed by atoms with Gasteiger partial charge >= 0.3 is 0 Å². The van der Waals surface area contributed by atoms with Gasteiger partial charge in [0.1, 0.15) is 5.75 Å². The van der Waals surface area contributed by atoms with Crippen LogP contribution in [-0.4, -0.2) is 43.2 Å². The van der Waals surface area contributed by atoms with Crippen LogP contribution in [0, 0.1) is 0 Å². The number of amides is 1. The maximum Gasteiger partial charge on any atom is 0.263 e. The zero-order valence-electron chi connectivity index (χ0n) is 11.0. The van der Waals surface area contributed by atoms with E-state index < -0.39 is 6.10 Å². The average molecular weight is 284 g/mol. The fraction of sp³-hybridized carbons (Fsp3) is 0.500.